The number of carbonyl (C=O) groups is 1. The number of amides is 1. The maximum atomic E-state index is 12.6. The van der Waals surface area contributed by atoms with E-state index in [2.05, 4.69) is 32.6 Å². The van der Waals surface area contributed by atoms with E-state index in [0.717, 1.165) is 26.1 Å². The van der Waals surface area contributed by atoms with Crippen molar-refractivity contribution in [1.82, 2.24) is 4.90 Å². The van der Waals surface area contributed by atoms with Gasteiger partial charge in [0, 0.05) is 29.5 Å². The van der Waals surface area contributed by atoms with Gasteiger partial charge in [-0.25, -0.2) is 0 Å². The molecule has 0 aliphatic carbocycles. The lowest BCUT2D eigenvalue weighted by Gasteiger charge is -2.55. The Balaban J connectivity index is 2.13. The molecular formula is C14H26N2O2. The molecule has 0 bridgehead atoms. The highest BCUT2D eigenvalue weighted by Gasteiger charge is 2.47. The van der Waals surface area contributed by atoms with Crippen molar-refractivity contribution in [3.63, 3.8) is 0 Å². The Morgan fingerprint density at radius 2 is 1.72 bits per heavy atom. The van der Waals surface area contributed by atoms with Gasteiger partial charge in [0.2, 0.25) is 5.91 Å². The van der Waals surface area contributed by atoms with E-state index in [1.54, 1.807) is 0 Å². The fourth-order valence-corrected chi connectivity index (χ4v) is 3.77. The second-order valence-electron chi connectivity index (χ2n) is 7.13. The van der Waals surface area contributed by atoms with E-state index in [9.17, 15) is 4.79 Å². The van der Waals surface area contributed by atoms with E-state index < -0.39 is 0 Å². The van der Waals surface area contributed by atoms with Gasteiger partial charge in [0.25, 0.3) is 0 Å². The summed E-state index contributed by atoms with van der Waals surface area (Å²) in [6.07, 6.45) is 2.37. The zero-order valence-corrected chi connectivity index (χ0v) is 12.0. The van der Waals surface area contributed by atoms with Crippen LogP contribution in [0.25, 0.3) is 0 Å². The maximum absolute atomic E-state index is 12.6. The maximum Gasteiger partial charge on any atom is 0.223 e. The third-order valence-corrected chi connectivity index (χ3v) is 4.15. The van der Waals surface area contributed by atoms with Gasteiger partial charge in [-0.1, -0.05) is 0 Å². The average molecular weight is 254 g/mol. The Hall–Kier alpha value is -0.610. The zero-order chi connectivity index (χ0) is 13.6. The fraction of sp³-hybridized carbons (Fsp3) is 0.929. The van der Waals surface area contributed by atoms with E-state index in [1.807, 2.05) is 0 Å². The summed E-state index contributed by atoms with van der Waals surface area (Å²) in [5.41, 5.74) is 5.83. The molecule has 0 aromatic heterocycles. The number of hydrogen-bond acceptors (Lipinski definition) is 3. The summed E-state index contributed by atoms with van der Waals surface area (Å²) < 4.78 is 5.15. The van der Waals surface area contributed by atoms with Gasteiger partial charge in [0.05, 0.1) is 13.2 Å². The molecule has 0 spiro atoms. The molecular weight excluding hydrogens is 228 g/mol. The molecule has 2 fully saturated rings. The molecule has 0 radical (unpaired) electrons. The predicted molar refractivity (Wildman–Crippen MR) is 71.1 cm³/mol. The van der Waals surface area contributed by atoms with Crippen LogP contribution in [0.5, 0.6) is 0 Å². The number of carbonyl (C=O) groups excluding carboxylic acids is 1. The fourth-order valence-electron chi connectivity index (χ4n) is 3.77. The summed E-state index contributed by atoms with van der Waals surface area (Å²) in [4.78, 5) is 14.6. The zero-order valence-electron chi connectivity index (χ0n) is 12.0. The van der Waals surface area contributed by atoms with Crippen LogP contribution in [-0.4, -0.2) is 41.1 Å². The number of nitrogens with two attached hydrogens (primary N) is 1. The molecule has 0 aromatic rings. The SMILES string of the molecule is CC1(C)CC(N)CC(C)(C)N1C(=O)CC1COC1. The molecule has 0 aromatic carbocycles. The molecule has 2 rings (SSSR count). The quantitative estimate of drug-likeness (QED) is 0.813. The van der Waals surface area contributed by atoms with Crippen molar-refractivity contribution >= 4 is 5.91 Å². The summed E-state index contributed by atoms with van der Waals surface area (Å²) in [7, 11) is 0. The Kier molecular flexibility index (Phi) is 3.45. The smallest absolute Gasteiger partial charge is 0.223 e. The number of ether oxygens (including phenoxy) is 1. The molecule has 2 aliphatic heterocycles. The third-order valence-electron chi connectivity index (χ3n) is 4.15. The van der Waals surface area contributed by atoms with Gasteiger partial charge >= 0.3 is 0 Å². The molecule has 2 heterocycles. The average Bonchev–Trinajstić information content (AvgIpc) is 2.05. The summed E-state index contributed by atoms with van der Waals surface area (Å²) in [5.74, 6) is 0.671. The van der Waals surface area contributed by atoms with Crippen molar-refractivity contribution in [2.24, 2.45) is 11.7 Å². The topological polar surface area (TPSA) is 55.6 Å². The summed E-state index contributed by atoms with van der Waals surface area (Å²) in [5, 5.41) is 0. The minimum absolute atomic E-state index is 0.150. The van der Waals surface area contributed by atoms with Crippen LogP contribution in [-0.2, 0) is 9.53 Å². The normalized spacial score (nSPS) is 27.9. The van der Waals surface area contributed by atoms with Gasteiger partial charge in [-0.05, 0) is 40.5 Å². The van der Waals surface area contributed by atoms with Gasteiger partial charge < -0.3 is 15.4 Å². The van der Waals surface area contributed by atoms with Crippen LogP contribution in [0.1, 0.15) is 47.0 Å². The van der Waals surface area contributed by atoms with E-state index >= 15 is 0 Å². The highest BCUT2D eigenvalue weighted by molar-refractivity contribution is 5.78. The van der Waals surface area contributed by atoms with Crippen LogP contribution < -0.4 is 5.73 Å². The summed E-state index contributed by atoms with van der Waals surface area (Å²) >= 11 is 0. The van der Waals surface area contributed by atoms with Crippen molar-refractivity contribution in [3.8, 4) is 0 Å². The monoisotopic (exact) mass is 254 g/mol. The third kappa shape index (κ3) is 2.54. The molecule has 18 heavy (non-hydrogen) atoms. The second kappa shape index (κ2) is 4.49. The van der Waals surface area contributed by atoms with Crippen LogP contribution in [0.15, 0.2) is 0 Å². The van der Waals surface area contributed by atoms with Crippen molar-refractivity contribution in [2.75, 3.05) is 13.2 Å². The number of piperidine rings is 1. The van der Waals surface area contributed by atoms with E-state index in [4.69, 9.17) is 10.5 Å². The molecule has 2 N–H and O–H groups in total. The second-order valence-corrected chi connectivity index (χ2v) is 7.13. The standard InChI is InChI=1S/C14H26N2O2/c1-13(2)6-11(15)7-14(3,4)16(13)12(17)5-10-8-18-9-10/h10-11H,5-9,15H2,1-4H3. The first-order valence-corrected chi connectivity index (χ1v) is 6.89. The Labute approximate surface area is 110 Å². The van der Waals surface area contributed by atoms with E-state index in [-0.39, 0.29) is 23.0 Å². The Bertz CT molecular complexity index is 317. The van der Waals surface area contributed by atoms with Gasteiger partial charge in [0.1, 0.15) is 0 Å². The number of nitrogens with zero attached hydrogens (tertiary/aromatic N) is 1. The minimum atomic E-state index is -0.150. The van der Waals surface area contributed by atoms with Gasteiger partial charge in [-0.2, -0.15) is 0 Å². The lowest BCUT2D eigenvalue weighted by molar-refractivity contribution is -0.154. The molecule has 104 valence electrons. The lowest BCUT2D eigenvalue weighted by atomic mass is 9.76. The van der Waals surface area contributed by atoms with Gasteiger partial charge in [0.15, 0.2) is 0 Å². The largest absolute Gasteiger partial charge is 0.381 e. The van der Waals surface area contributed by atoms with Crippen LogP contribution in [0, 0.1) is 5.92 Å². The first-order chi connectivity index (χ1) is 8.22. The van der Waals surface area contributed by atoms with Crippen molar-refractivity contribution in [2.45, 2.75) is 64.1 Å². The van der Waals surface area contributed by atoms with Gasteiger partial charge in [-0.3, -0.25) is 4.79 Å². The van der Waals surface area contributed by atoms with E-state index in [1.165, 1.54) is 0 Å². The minimum Gasteiger partial charge on any atom is -0.381 e. The molecule has 2 saturated heterocycles. The number of likely N-dealkylation sites (tertiary alicyclic amines) is 1. The summed E-state index contributed by atoms with van der Waals surface area (Å²) in [6, 6.07) is 0.186. The van der Waals surface area contributed by atoms with Crippen molar-refractivity contribution < 1.29 is 9.53 Å². The summed E-state index contributed by atoms with van der Waals surface area (Å²) in [6.45, 7) is 9.98. The first-order valence-electron chi connectivity index (χ1n) is 6.89. The molecule has 0 unspecified atom stereocenters. The molecule has 2 aliphatic rings. The van der Waals surface area contributed by atoms with Crippen LogP contribution in [0.3, 0.4) is 0 Å². The van der Waals surface area contributed by atoms with E-state index in [0.29, 0.717) is 12.3 Å². The van der Waals surface area contributed by atoms with Crippen molar-refractivity contribution in [1.29, 1.82) is 0 Å². The number of rotatable bonds is 2. The van der Waals surface area contributed by atoms with Crippen LogP contribution in [0.2, 0.25) is 0 Å². The Morgan fingerprint density at radius 1 is 1.22 bits per heavy atom. The molecule has 4 heteroatoms. The highest BCUT2D eigenvalue weighted by Crippen LogP contribution is 2.38. The lowest BCUT2D eigenvalue weighted by Crippen LogP contribution is -2.65. The van der Waals surface area contributed by atoms with Crippen LogP contribution >= 0.6 is 0 Å². The molecule has 4 nitrogen and oxygen atoms in total. The first kappa shape index (κ1) is 13.8. The van der Waals surface area contributed by atoms with Crippen LogP contribution in [0.4, 0.5) is 0 Å². The predicted octanol–water partition coefficient (Wildman–Crippen LogP) is 1.53. The van der Waals surface area contributed by atoms with Crippen molar-refractivity contribution in [3.05, 3.63) is 0 Å². The number of hydrogen-bond donors (Lipinski definition) is 1. The molecule has 1 amide bonds. The van der Waals surface area contributed by atoms with Gasteiger partial charge in [-0.15, -0.1) is 0 Å². The highest BCUT2D eigenvalue weighted by atomic mass is 16.5. The molecule has 0 saturated carbocycles. The molecule has 0 atom stereocenters. The Morgan fingerprint density at radius 3 is 2.11 bits per heavy atom.